The lowest BCUT2D eigenvalue weighted by molar-refractivity contribution is 0.198. The molecule has 0 fully saturated rings. The van der Waals surface area contributed by atoms with Gasteiger partial charge in [-0.25, -0.2) is 8.42 Å². The van der Waals surface area contributed by atoms with Crippen molar-refractivity contribution in [2.75, 3.05) is 6.54 Å². The van der Waals surface area contributed by atoms with Crippen LogP contribution in [0.15, 0.2) is 102 Å². The van der Waals surface area contributed by atoms with Crippen LogP contribution in [0.3, 0.4) is 0 Å². The van der Waals surface area contributed by atoms with Gasteiger partial charge in [-0.15, -0.1) is 0 Å². The van der Waals surface area contributed by atoms with E-state index >= 15 is 4.57 Å². The standard InChI is InChI=1S/C30H34NO3PS/c1-6-31(23(2)30(3,4)5)36(33,34)28-22-21-24-15-13-14-20-27(24)29(28)35(32,25-16-9-7-10-17-25)26-18-11-8-12-19-26/h7-23H,6H2,1-5H3/t23-/m0/s1. The number of benzene rings is 4. The first-order valence-corrected chi connectivity index (χ1v) is 15.4. The summed E-state index contributed by atoms with van der Waals surface area (Å²) in [6.45, 7) is 10.2. The number of hydrogen-bond donors (Lipinski definition) is 0. The molecule has 4 aromatic rings. The predicted octanol–water partition coefficient (Wildman–Crippen LogP) is 5.92. The Balaban J connectivity index is 2.15. The normalized spacial score (nSPS) is 13.7. The molecule has 0 aliphatic rings. The molecule has 0 spiro atoms. The quantitative estimate of drug-likeness (QED) is 0.285. The van der Waals surface area contributed by atoms with Crippen molar-refractivity contribution in [3.8, 4) is 0 Å². The zero-order valence-electron chi connectivity index (χ0n) is 21.5. The molecule has 0 heterocycles. The van der Waals surface area contributed by atoms with Crippen LogP contribution < -0.4 is 15.9 Å². The first kappa shape index (κ1) is 26.3. The van der Waals surface area contributed by atoms with E-state index in [1.807, 2.05) is 126 Å². The highest BCUT2D eigenvalue weighted by molar-refractivity contribution is 7.92. The van der Waals surface area contributed by atoms with Gasteiger partial charge in [-0.05, 0) is 29.2 Å². The number of hydrogen-bond acceptors (Lipinski definition) is 3. The third-order valence-electron chi connectivity index (χ3n) is 7.00. The molecule has 0 aliphatic carbocycles. The maximum Gasteiger partial charge on any atom is 0.244 e. The molecule has 4 aromatic carbocycles. The van der Waals surface area contributed by atoms with Gasteiger partial charge in [0.25, 0.3) is 0 Å². The Labute approximate surface area is 215 Å². The summed E-state index contributed by atoms with van der Waals surface area (Å²) < 4.78 is 45.9. The lowest BCUT2D eigenvalue weighted by Crippen LogP contribution is -2.46. The lowest BCUT2D eigenvalue weighted by Gasteiger charge is -2.37. The molecular formula is C30H34NO3PS. The van der Waals surface area contributed by atoms with Crippen LogP contribution in [-0.2, 0) is 14.6 Å². The highest BCUT2D eigenvalue weighted by Crippen LogP contribution is 2.47. The van der Waals surface area contributed by atoms with E-state index < -0.39 is 17.2 Å². The van der Waals surface area contributed by atoms with Crippen molar-refractivity contribution in [3.63, 3.8) is 0 Å². The van der Waals surface area contributed by atoms with Gasteiger partial charge in [0.15, 0.2) is 7.14 Å². The SMILES string of the molecule is CCN([C@@H](C)C(C)(C)C)S(=O)(=O)c1ccc2ccccc2c1P(=O)(c1ccccc1)c1ccccc1. The zero-order chi connectivity index (χ0) is 26.1. The third kappa shape index (κ3) is 4.56. The smallest absolute Gasteiger partial charge is 0.244 e. The Morgan fingerprint density at radius 3 is 1.78 bits per heavy atom. The second-order valence-corrected chi connectivity index (χ2v) is 14.7. The number of sulfonamides is 1. The molecule has 0 bridgehead atoms. The fourth-order valence-electron chi connectivity index (χ4n) is 4.66. The maximum absolute atomic E-state index is 15.5. The molecule has 0 radical (unpaired) electrons. The van der Waals surface area contributed by atoms with Gasteiger partial charge in [-0.3, -0.25) is 0 Å². The molecular weight excluding hydrogens is 485 g/mol. The maximum atomic E-state index is 15.5. The molecule has 4 nitrogen and oxygen atoms in total. The van der Waals surface area contributed by atoms with E-state index in [-0.39, 0.29) is 16.4 Å². The van der Waals surface area contributed by atoms with Crippen LogP contribution in [0, 0.1) is 5.41 Å². The fraction of sp³-hybridized carbons (Fsp3) is 0.267. The summed E-state index contributed by atoms with van der Waals surface area (Å²) in [6, 6.07) is 29.3. The highest BCUT2D eigenvalue weighted by atomic mass is 32.2. The molecule has 0 aliphatic heterocycles. The van der Waals surface area contributed by atoms with E-state index in [1.54, 1.807) is 10.4 Å². The van der Waals surface area contributed by atoms with Crippen LogP contribution in [0.2, 0.25) is 0 Å². The second-order valence-electron chi connectivity index (χ2n) is 10.2. The van der Waals surface area contributed by atoms with Gasteiger partial charge in [0.2, 0.25) is 10.0 Å². The Kier molecular flexibility index (Phi) is 7.30. The van der Waals surface area contributed by atoms with Crippen molar-refractivity contribution in [2.24, 2.45) is 5.41 Å². The van der Waals surface area contributed by atoms with Crippen LogP contribution in [0.5, 0.6) is 0 Å². The summed E-state index contributed by atoms with van der Waals surface area (Å²) in [5.74, 6) is 0. The summed E-state index contributed by atoms with van der Waals surface area (Å²) in [5.41, 5.74) is -0.275. The van der Waals surface area contributed by atoms with Crippen molar-refractivity contribution in [1.82, 2.24) is 4.31 Å². The molecule has 188 valence electrons. The summed E-state index contributed by atoms with van der Waals surface area (Å²) in [5, 5.41) is 3.13. The Morgan fingerprint density at radius 2 is 1.28 bits per heavy atom. The highest BCUT2D eigenvalue weighted by Gasteiger charge is 2.41. The van der Waals surface area contributed by atoms with E-state index in [0.717, 1.165) is 5.39 Å². The van der Waals surface area contributed by atoms with Crippen molar-refractivity contribution in [2.45, 2.75) is 45.6 Å². The van der Waals surface area contributed by atoms with E-state index in [1.165, 1.54) is 0 Å². The van der Waals surface area contributed by atoms with Crippen molar-refractivity contribution in [3.05, 3.63) is 97.1 Å². The Morgan fingerprint density at radius 1 is 0.778 bits per heavy atom. The molecule has 0 N–H and O–H groups in total. The van der Waals surface area contributed by atoms with Gasteiger partial charge in [-0.1, -0.05) is 119 Å². The van der Waals surface area contributed by atoms with Crippen LogP contribution in [0.4, 0.5) is 0 Å². The monoisotopic (exact) mass is 519 g/mol. The van der Waals surface area contributed by atoms with Crippen LogP contribution in [0.1, 0.15) is 34.6 Å². The fourth-order valence-corrected chi connectivity index (χ4v) is 10.2. The second kappa shape index (κ2) is 9.97. The summed E-state index contributed by atoms with van der Waals surface area (Å²) in [4.78, 5) is 0.107. The molecule has 0 saturated heterocycles. The summed E-state index contributed by atoms with van der Waals surface area (Å²) >= 11 is 0. The van der Waals surface area contributed by atoms with Crippen LogP contribution in [0.25, 0.3) is 10.8 Å². The van der Waals surface area contributed by atoms with Gasteiger partial charge in [0, 0.05) is 28.5 Å². The summed E-state index contributed by atoms with van der Waals surface area (Å²) in [6.07, 6.45) is 0. The van der Waals surface area contributed by atoms with Crippen molar-refractivity contribution >= 4 is 43.9 Å². The van der Waals surface area contributed by atoms with E-state index in [4.69, 9.17) is 0 Å². The predicted molar refractivity (Wildman–Crippen MR) is 152 cm³/mol. The van der Waals surface area contributed by atoms with Gasteiger partial charge in [-0.2, -0.15) is 4.31 Å². The molecule has 0 saturated carbocycles. The number of rotatable bonds is 7. The zero-order valence-corrected chi connectivity index (χ0v) is 23.3. The van der Waals surface area contributed by atoms with E-state index in [9.17, 15) is 8.42 Å². The topological polar surface area (TPSA) is 54.5 Å². The van der Waals surface area contributed by atoms with E-state index in [0.29, 0.717) is 27.8 Å². The average molecular weight is 520 g/mol. The lowest BCUT2D eigenvalue weighted by atomic mass is 9.88. The van der Waals surface area contributed by atoms with Gasteiger partial charge >= 0.3 is 0 Å². The van der Waals surface area contributed by atoms with Gasteiger partial charge in [0.1, 0.15) is 0 Å². The average Bonchev–Trinajstić information content (AvgIpc) is 2.88. The van der Waals surface area contributed by atoms with Crippen LogP contribution >= 0.6 is 7.14 Å². The molecule has 36 heavy (non-hydrogen) atoms. The number of nitrogens with zero attached hydrogens (tertiary/aromatic N) is 1. The minimum Gasteiger partial charge on any atom is -0.309 e. The van der Waals surface area contributed by atoms with Crippen molar-refractivity contribution < 1.29 is 13.0 Å². The van der Waals surface area contributed by atoms with Gasteiger partial charge < -0.3 is 4.57 Å². The van der Waals surface area contributed by atoms with E-state index in [2.05, 4.69) is 0 Å². The largest absolute Gasteiger partial charge is 0.309 e. The molecule has 0 aromatic heterocycles. The Bertz CT molecular complexity index is 1470. The first-order chi connectivity index (χ1) is 17.0. The molecule has 1 atom stereocenters. The first-order valence-electron chi connectivity index (χ1n) is 12.3. The molecule has 6 heteroatoms. The molecule has 0 unspecified atom stereocenters. The third-order valence-corrected chi connectivity index (χ3v) is 12.4. The number of fused-ring (bicyclic) bond motifs is 1. The minimum absolute atomic E-state index is 0.107. The molecule has 0 amide bonds. The Hall–Kier alpha value is -2.72. The summed E-state index contributed by atoms with van der Waals surface area (Å²) in [7, 11) is -7.58. The van der Waals surface area contributed by atoms with Crippen molar-refractivity contribution in [1.29, 1.82) is 0 Å². The molecule has 4 rings (SSSR count). The van der Waals surface area contributed by atoms with Crippen LogP contribution in [-0.4, -0.2) is 25.3 Å². The minimum atomic E-state index is -3.99. The van der Waals surface area contributed by atoms with Gasteiger partial charge in [0.05, 0.1) is 4.90 Å².